The number of nitrogens with zero attached hydrogens (tertiary/aromatic N) is 3. The molecule has 2 aromatic rings. The van der Waals surface area contributed by atoms with Gasteiger partial charge in [0.2, 0.25) is 5.91 Å². The van der Waals surface area contributed by atoms with Gasteiger partial charge in [-0.1, -0.05) is 6.07 Å². The molecule has 1 atom stereocenters. The van der Waals surface area contributed by atoms with Gasteiger partial charge in [-0.3, -0.25) is 4.79 Å². The van der Waals surface area contributed by atoms with Gasteiger partial charge in [0.15, 0.2) is 0 Å². The van der Waals surface area contributed by atoms with Crippen molar-refractivity contribution in [2.75, 3.05) is 31.6 Å². The van der Waals surface area contributed by atoms with Crippen molar-refractivity contribution in [3.8, 4) is 0 Å². The normalized spacial score (nSPS) is 20.7. The van der Waals surface area contributed by atoms with Crippen molar-refractivity contribution in [2.45, 2.75) is 18.4 Å². The number of thiophene rings is 1. The summed E-state index contributed by atoms with van der Waals surface area (Å²) >= 11 is 1.59. The van der Waals surface area contributed by atoms with E-state index < -0.39 is 5.60 Å². The summed E-state index contributed by atoms with van der Waals surface area (Å²) < 4.78 is 0. The van der Waals surface area contributed by atoms with Crippen LogP contribution in [0.15, 0.2) is 41.2 Å². The van der Waals surface area contributed by atoms with E-state index in [1.165, 1.54) is 0 Å². The van der Waals surface area contributed by atoms with Gasteiger partial charge in [0.1, 0.15) is 11.4 Å². The first-order valence-corrected chi connectivity index (χ1v) is 8.63. The molecule has 0 spiro atoms. The van der Waals surface area contributed by atoms with Crippen molar-refractivity contribution >= 4 is 23.1 Å². The number of carbonyl (C=O) groups excluding carboxylic acids is 1. The second-order valence-corrected chi connectivity index (χ2v) is 6.92. The summed E-state index contributed by atoms with van der Waals surface area (Å²) in [6.07, 6.45) is 2.78. The number of rotatable bonds is 5. The number of pyridine rings is 1. The number of carbonyl (C=O) groups is 1. The van der Waals surface area contributed by atoms with E-state index in [-0.39, 0.29) is 5.91 Å². The standard InChI is InChI=1S/C17H21N3O2S/c1-19(16(21)10-14-5-9-23-11-14)12-17(22)6-8-20(13-17)15-4-2-3-7-18-15/h2-5,7,9,11,22H,6,8,10,12-13H2,1H3. The Morgan fingerprint density at radius 2 is 2.35 bits per heavy atom. The van der Waals surface area contributed by atoms with Crippen LogP contribution in [0.2, 0.25) is 0 Å². The zero-order chi connectivity index (χ0) is 16.3. The van der Waals surface area contributed by atoms with E-state index in [1.54, 1.807) is 29.5 Å². The SMILES string of the molecule is CN(CC1(O)CCN(c2ccccn2)C1)C(=O)Cc1ccsc1. The summed E-state index contributed by atoms with van der Waals surface area (Å²) in [7, 11) is 1.76. The van der Waals surface area contributed by atoms with Gasteiger partial charge in [0.25, 0.3) is 0 Å². The summed E-state index contributed by atoms with van der Waals surface area (Å²) in [5, 5.41) is 14.8. The highest BCUT2D eigenvalue weighted by Gasteiger charge is 2.38. The molecule has 0 bridgehead atoms. The Hall–Kier alpha value is -1.92. The van der Waals surface area contributed by atoms with Gasteiger partial charge in [0, 0.05) is 26.3 Å². The number of anilines is 1. The van der Waals surface area contributed by atoms with Crippen LogP contribution >= 0.6 is 11.3 Å². The lowest BCUT2D eigenvalue weighted by Crippen LogP contribution is -2.46. The third kappa shape index (κ3) is 3.89. The fourth-order valence-electron chi connectivity index (χ4n) is 2.95. The first kappa shape index (κ1) is 16.0. The Morgan fingerprint density at radius 3 is 3.04 bits per heavy atom. The van der Waals surface area contributed by atoms with E-state index in [4.69, 9.17) is 0 Å². The molecular formula is C17H21N3O2S. The van der Waals surface area contributed by atoms with Crippen LogP contribution in [0.1, 0.15) is 12.0 Å². The topological polar surface area (TPSA) is 56.7 Å². The predicted molar refractivity (Wildman–Crippen MR) is 91.7 cm³/mol. The quantitative estimate of drug-likeness (QED) is 0.907. The third-order valence-electron chi connectivity index (χ3n) is 4.20. The monoisotopic (exact) mass is 331 g/mol. The maximum Gasteiger partial charge on any atom is 0.226 e. The van der Waals surface area contributed by atoms with Gasteiger partial charge >= 0.3 is 0 Å². The molecule has 23 heavy (non-hydrogen) atoms. The van der Waals surface area contributed by atoms with Crippen molar-refractivity contribution in [3.05, 3.63) is 46.8 Å². The molecule has 0 radical (unpaired) electrons. The van der Waals surface area contributed by atoms with Crippen molar-refractivity contribution in [1.82, 2.24) is 9.88 Å². The molecule has 5 nitrogen and oxygen atoms in total. The Labute approximate surface area is 140 Å². The van der Waals surface area contributed by atoms with Gasteiger partial charge < -0.3 is 14.9 Å². The first-order valence-electron chi connectivity index (χ1n) is 7.69. The maximum absolute atomic E-state index is 12.3. The smallest absolute Gasteiger partial charge is 0.226 e. The average Bonchev–Trinajstić information content (AvgIpc) is 3.18. The van der Waals surface area contributed by atoms with Gasteiger partial charge in [0.05, 0.1) is 13.0 Å². The van der Waals surface area contributed by atoms with Crippen molar-refractivity contribution in [1.29, 1.82) is 0 Å². The van der Waals surface area contributed by atoms with Crippen LogP contribution in [0.5, 0.6) is 0 Å². The minimum atomic E-state index is -0.878. The molecule has 3 heterocycles. The van der Waals surface area contributed by atoms with Crippen molar-refractivity contribution in [2.24, 2.45) is 0 Å². The van der Waals surface area contributed by atoms with Gasteiger partial charge in [-0.25, -0.2) is 4.98 Å². The largest absolute Gasteiger partial charge is 0.386 e. The Balaban J connectivity index is 1.58. The highest BCUT2D eigenvalue weighted by Crippen LogP contribution is 2.26. The van der Waals surface area contributed by atoms with Crippen LogP contribution in [-0.4, -0.2) is 53.2 Å². The lowest BCUT2D eigenvalue weighted by atomic mass is 10.0. The van der Waals surface area contributed by atoms with Gasteiger partial charge in [-0.15, -0.1) is 0 Å². The molecule has 0 saturated carbocycles. The second-order valence-electron chi connectivity index (χ2n) is 6.14. The fraction of sp³-hybridized carbons (Fsp3) is 0.412. The molecule has 1 aliphatic rings. The molecule has 2 aromatic heterocycles. The molecule has 122 valence electrons. The van der Waals surface area contributed by atoms with Crippen LogP contribution in [0.3, 0.4) is 0 Å². The summed E-state index contributed by atoms with van der Waals surface area (Å²) in [5.74, 6) is 0.906. The number of aromatic nitrogens is 1. The highest BCUT2D eigenvalue weighted by atomic mass is 32.1. The maximum atomic E-state index is 12.3. The van der Waals surface area contributed by atoms with Crippen LogP contribution in [0, 0.1) is 0 Å². The molecule has 1 unspecified atom stereocenters. The molecule has 1 saturated heterocycles. The van der Waals surface area contributed by atoms with E-state index in [0.29, 0.717) is 25.9 Å². The minimum Gasteiger partial charge on any atom is -0.386 e. The molecule has 1 aliphatic heterocycles. The van der Waals surface area contributed by atoms with Crippen LogP contribution in [0.25, 0.3) is 0 Å². The highest BCUT2D eigenvalue weighted by molar-refractivity contribution is 7.07. The number of aliphatic hydroxyl groups is 1. The Morgan fingerprint density at radius 1 is 1.48 bits per heavy atom. The predicted octanol–water partition coefficient (Wildman–Crippen LogP) is 1.79. The first-order chi connectivity index (χ1) is 11.1. The van der Waals surface area contributed by atoms with Crippen molar-refractivity contribution in [3.63, 3.8) is 0 Å². The fourth-order valence-corrected chi connectivity index (χ4v) is 3.62. The summed E-state index contributed by atoms with van der Waals surface area (Å²) in [5.41, 5.74) is 0.150. The Bertz CT molecular complexity index is 647. The summed E-state index contributed by atoms with van der Waals surface area (Å²) in [6.45, 7) is 1.60. The number of β-amino-alcohol motifs (C(OH)–C–C–N with tert-alkyl or cyclic N) is 1. The summed E-state index contributed by atoms with van der Waals surface area (Å²) in [4.78, 5) is 20.3. The molecule has 1 amide bonds. The number of hydrogen-bond donors (Lipinski definition) is 1. The molecule has 1 fully saturated rings. The van der Waals surface area contributed by atoms with E-state index in [9.17, 15) is 9.90 Å². The number of hydrogen-bond acceptors (Lipinski definition) is 5. The van der Waals surface area contributed by atoms with Gasteiger partial charge in [-0.2, -0.15) is 11.3 Å². The summed E-state index contributed by atoms with van der Waals surface area (Å²) in [6, 6.07) is 7.72. The van der Waals surface area contributed by atoms with E-state index in [1.807, 2.05) is 35.0 Å². The average molecular weight is 331 g/mol. The molecule has 0 aliphatic carbocycles. The molecule has 6 heteroatoms. The molecular weight excluding hydrogens is 310 g/mol. The lowest BCUT2D eigenvalue weighted by Gasteiger charge is -2.29. The van der Waals surface area contributed by atoms with Crippen LogP contribution < -0.4 is 4.90 Å². The molecule has 1 N–H and O–H groups in total. The Kier molecular flexibility index (Phi) is 4.63. The van der Waals surface area contributed by atoms with E-state index in [2.05, 4.69) is 9.88 Å². The zero-order valence-corrected chi connectivity index (χ0v) is 14.0. The third-order valence-corrected chi connectivity index (χ3v) is 4.93. The van der Waals surface area contributed by atoms with Crippen LogP contribution in [-0.2, 0) is 11.2 Å². The molecule has 3 rings (SSSR count). The van der Waals surface area contributed by atoms with E-state index >= 15 is 0 Å². The minimum absolute atomic E-state index is 0.0353. The number of likely N-dealkylation sites (N-methyl/N-ethyl adjacent to an activating group) is 1. The lowest BCUT2D eigenvalue weighted by molar-refractivity contribution is -0.132. The van der Waals surface area contributed by atoms with E-state index in [0.717, 1.165) is 17.9 Å². The molecule has 0 aromatic carbocycles. The number of amides is 1. The second kappa shape index (κ2) is 6.68. The van der Waals surface area contributed by atoms with Crippen molar-refractivity contribution < 1.29 is 9.90 Å². The zero-order valence-electron chi connectivity index (χ0n) is 13.2. The van der Waals surface area contributed by atoms with Crippen LogP contribution in [0.4, 0.5) is 5.82 Å². The van der Waals surface area contributed by atoms with Gasteiger partial charge in [-0.05, 0) is 40.9 Å².